The minimum absolute atomic E-state index is 0.0798. The summed E-state index contributed by atoms with van der Waals surface area (Å²) in [6.07, 6.45) is 2.00. The van der Waals surface area contributed by atoms with Crippen LogP contribution in [0.4, 0.5) is 4.39 Å². The number of hydrogen-bond donors (Lipinski definition) is 1. The first-order valence-electron chi connectivity index (χ1n) is 5.49. The van der Waals surface area contributed by atoms with Crippen LogP contribution in [0, 0.1) is 11.7 Å². The summed E-state index contributed by atoms with van der Waals surface area (Å²) in [7, 11) is 0. The van der Waals surface area contributed by atoms with Crippen molar-refractivity contribution in [2.24, 2.45) is 11.7 Å². The van der Waals surface area contributed by atoms with Crippen molar-refractivity contribution in [2.45, 2.75) is 18.9 Å². The van der Waals surface area contributed by atoms with E-state index in [4.69, 9.17) is 10.5 Å². The molecule has 1 saturated heterocycles. The van der Waals surface area contributed by atoms with Gasteiger partial charge in [0.2, 0.25) is 0 Å². The minimum Gasteiger partial charge on any atom is -0.373 e. The number of nitrogens with two attached hydrogens (primary N) is 1. The summed E-state index contributed by atoms with van der Waals surface area (Å²) < 4.78 is 19.8. The first-order chi connectivity index (χ1) is 7.72. The molecule has 0 saturated carbocycles. The van der Waals surface area contributed by atoms with Crippen LogP contribution in [0.5, 0.6) is 0 Å². The van der Waals surface area contributed by atoms with Crippen molar-refractivity contribution >= 4 is 15.9 Å². The number of rotatable bonds is 2. The number of halogens is 2. The molecular weight excluding hydrogens is 273 g/mol. The average molecular weight is 288 g/mol. The average Bonchev–Trinajstić information content (AvgIpc) is 2.32. The Hall–Kier alpha value is -0.450. The third kappa shape index (κ3) is 2.44. The summed E-state index contributed by atoms with van der Waals surface area (Å²) in [6, 6.07) is 4.69. The van der Waals surface area contributed by atoms with E-state index >= 15 is 0 Å². The Morgan fingerprint density at radius 1 is 1.50 bits per heavy atom. The molecule has 88 valence electrons. The van der Waals surface area contributed by atoms with Crippen LogP contribution in [-0.2, 0) is 4.74 Å². The van der Waals surface area contributed by atoms with Gasteiger partial charge in [0.1, 0.15) is 5.82 Å². The first-order valence-corrected chi connectivity index (χ1v) is 6.28. The predicted octanol–water partition coefficient (Wildman–Crippen LogP) is 3.01. The summed E-state index contributed by atoms with van der Waals surface area (Å²) in [5.74, 6) is 0.0509. The molecule has 1 aliphatic rings. The van der Waals surface area contributed by atoms with E-state index in [1.54, 1.807) is 6.07 Å². The molecule has 0 bridgehead atoms. The molecule has 1 heterocycles. The highest BCUT2D eigenvalue weighted by molar-refractivity contribution is 9.10. The highest BCUT2D eigenvalue weighted by atomic mass is 79.9. The maximum Gasteiger partial charge on any atom is 0.123 e. The van der Waals surface area contributed by atoms with Gasteiger partial charge in [-0.1, -0.05) is 15.9 Å². The van der Waals surface area contributed by atoms with Gasteiger partial charge in [-0.25, -0.2) is 4.39 Å². The second kappa shape index (κ2) is 5.25. The first kappa shape index (κ1) is 12.0. The summed E-state index contributed by atoms with van der Waals surface area (Å²) >= 11 is 3.44. The normalized spacial score (nSPS) is 25.7. The van der Waals surface area contributed by atoms with Crippen LogP contribution in [0.3, 0.4) is 0 Å². The summed E-state index contributed by atoms with van der Waals surface area (Å²) in [6.45, 7) is 1.30. The van der Waals surface area contributed by atoms with Crippen LogP contribution in [0.1, 0.15) is 24.5 Å². The predicted molar refractivity (Wildman–Crippen MR) is 64.6 cm³/mol. The topological polar surface area (TPSA) is 35.2 Å². The minimum atomic E-state index is -0.233. The van der Waals surface area contributed by atoms with Gasteiger partial charge in [0.15, 0.2) is 0 Å². The maximum absolute atomic E-state index is 13.2. The van der Waals surface area contributed by atoms with Crippen LogP contribution in [-0.4, -0.2) is 13.2 Å². The van der Waals surface area contributed by atoms with E-state index in [-0.39, 0.29) is 17.8 Å². The van der Waals surface area contributed by atoms with Crippen molar-refractivity contribution in [2.75, 3.05) is 13.2 Å². The molecule has 2 atom stereocenters. The molecular formula is C12H15BrFNO. The fourth-order valence-electron chi connectivity index (χ4n) is 2.16. The van der Waals surface area contributed by atoms with E-state index in [1.165, 1.54) is 12.1 Å². The van der Waals surface area contributed by atoms with Crippen LogP contribution >= 0.6 is 15.9 Å². The highest BCUT2D eigenvalue weighted by Gasteiger charge is 2.28. The molecule has 1 fully saturated rings. The zero-order valence-corrected chi connectivity index (χ0v) is 10.5. The molecule has 0 amide bonds. The van der Waals surface area contributed by atoms with Crippen molar-refractivity contribution < 1.29 is 9.13 Å². The lowest BCUT2D eigenvalue weighted by Crippen LogP contribution is -2.28. The van der Waals surface area contributed by atoms with Crippen molar-refractivity contribution in [3.05, 3.63) is 34.1 Å². The van der Waals surface area contributed by atoms with Gasteiger partial charge in [-0.05, 0) is 43.1 Å². The van der Waals surface area contributed by atoms with E-state index in [2.05, 4.69) is 15.9 Å². The number of benzene rings is 1. The summed E-state index contributed by atoms with van der Waals surface area (Å²) in [5.41, 5.74) is 6.60. The van der Waals surface area contributed by atoms with E-state index < -0.39 is 0 Å². The molecule has 2 nitrogen and oxygen atoms in total. The second-order valence-corrected chi connectivity index (χ2v) is 4.95. The second-order valence-electron chi connectivity index (χ2n) is 4.10. The largest absolute Gasteiger partial charge is 0.373 e. The van der Waals surface area contributed by atoms with Crippen LogP contribution in [0.2, 0.25) is 0 Å². The molecule has 2 unspecified atom stereocenters. The smallest absolute Gasteiger partial charge is 0.123 e. The van der Waals surface area contributed by atoms with Crippen LogP contribution in [0.15, 0.2) is 22.7 Å². The van der Waals surface area contributed by atoms with Crippen molar-refractivity contribution in [3.63, 3.8) is 0 Å². The zero-order chi connectivity index (χ0) is 11.5. The van der Waals surface area contributed by atoms with Gasteiger partial charge >= 0.3 is 0 Å². The third-order valence-corrected chi connectivity index (χ3v) is 3.73. The maximum atomic E-state index is 13.2. The van der Waals surface area contributed by atoms with Gasteiger partial charge in [0.25, 0.3) is 0 Å². The third-order valence-electron chi connectivity index (χ3n) is 3.01. The monoisotopic (exact) mass is 287 g/mol. The molecule has 0 spiro atoms. The fourth-order valence-corrected chi connectivity index (χ4v) is 2.63. The van der Waals surface area contributed by atoms with Crippen LogP contribution in [0.25, 0.3) is 0 Å². The molecule has 1 aromatic carbocycles. The molecule has 1 aromatic rings. The van der Waals surface area contributed by atoms with Crippen LogP contribution < -0.4 is 5.73 Å². The van der Waals surface area contributed by atoms with Gasteiger partial charge in [0.05, 0.1) is 6.10 Å². The van der Waals surface area contributed by atoms with E-state index in [1.807, 2.05) is 0 Å². The molecule has 0 radical (unpaired) electrons. The van der Waals surface area contributed by atoms with E-state index in [0.29, 0.717) is 6.54 Å². The van der Waals surface area contributed by atoms with Crippen molar-refractivity contribution in [1.82, 2.24) is 0 Å². The van der Waals surface area contributed by atoms with Gasteiger partial charge in [-0.3, -0.25) is 0 Å². The SMILES string of the molecule is NCC1CCCOC1c1cc(F)ccc1Br. The standard InChI is InChI=1S/C12H15BrFNO/c13-11-4-3-9(14)6-10(11)12-8(7-15)2-1-5-16-12/h3-4,6,8,12H,1-2,5,7,15H2. The van der Waals surface area contributed by atoms with E-state index in [0.717, 1.165) is 29.5 Å². The van der Waals surface area contributed by atoms with Gasteiger partial charge in [0, 0.05) is 17.0 Å². The van der Waals surface area contributed by atoms with Gasteiger partial charge in [-0.15, -0.1) is 0 Å². The molecule has 0 aromatic heterocycles. The summed E-state index contributed by atoms with van der Waals surface area (Å²) in [4.78, 5) is 0. The fraction of sp³-hybridized carbons (Fsp3) is 0.500. The van der Waals surface area contributed by atoms with Crippen molar-refractivity contribution in [1.29, 1.82) is 0 Å². The molecule has 0 aliphatic carbocycles. The highest BCUT2D eigenvalue weighted by Crippen LogP contribution is 2.36. The zero-order valence-electron chi connectivity index (χ0n) is 8.96. The molecule has 2 N–H and O–H groups in total. The Morgan fingerprint density at radius 3 is 3.06 bits per heavy atom. The lowest BCUT2D eigenvalue weighted by atomic mass is 9.89. The van der Waals surface area contributed by atoms with Gasteiger partial charge < -0.3 is 10.5 Å². The lowest BCUT2D eigenvalue weighted by molar-refractivity contribution is -0.0257. The molecule has 2 rings (SSSR count). The Labute approximate surface area is 103 Å². The Morgan fingerprint density at radius 2 is 2.31 bits per heavy atom. The summed E-state index contributed by atoms with van der Waals surface area (Å²) in [5, 5.41) is 0. The number of hydrogen-bond acceptors (Lipinski definition) is 2. The number of ether oxygens (including phenoxy) is 1. The Balaban J connectivity index is 2.30. The Bertz CT molecular complexity index is 372. The Kier molecular flexibility index (Phi) is 3.95. The lowest BCUT2D eigenvalue weighted by Gasteiger charge is -2.31. The molecule has 16 heavy (non-hydrogen) atoms. The quantitative estimate of drug-likeness (QED) is 0.908. The van der Waals surface area contributed by atoms with Gasteiger partial charge in [-0.2, -0.15) is 0 Å². The molecule has 1 aliphatic heterocycles. The van der Waals surface area contributed by atoms with Crippen molar-refractivity contribution in [3.8, 4) is 0 Å². The van der Waals surface area contributed by atoms with E-state index in [9.17, 15) is 4.39 Å². The molecule has 4 heteroatoms.